The second-order valence-corrected chi connectivity index (χ2v) is 7.81. The lowest BCUT2D eigenvalue weighted by Crippen LogP contribution is -2.60. The average molecular weight is 338 g/mol. The molecule has 0 unspecified atom stereocenters. The van der Waals surface area contributed by atoms with Crippen LogP contribution in [0.1, 0.15) is 38.5 Å². The Hall–Kier alpha value is -1.56. The Kier molecular flexibility index (Phi) is 3.59. The maximum Gasteiger partial charge on any atom is 0.347 e. The topological polar surface area (TPSA) is 84.1 Å². The van der Waals surface area contributed by atoms with E-state index in [1.165, 1.54) is 25.5 Å². The lowest BCUT2D eigenvalue weighted by molar-refractivity contribution is -0.128. The molecular weight excluding hydrogens is 318 g/mol. The van der Waals surface area contributed by atoms with Crippen molar-refractivity contribution < 1.29 is 9.53 Å². The summed E-state index contributed by atoms with van der Waals surface area (Å²) in [5.41, 5.74) is -0.587. The van der Waals surface area contributed by atoms with Gasteiger partial charge in [-0.05, 0) is 56.3 Å². The summed E-state index contributed by atoms with van der Waals surface area (Å²) in [6, 6.07) is 0. The molecular formula is C16H20ClN3O3. The van der Waals surface area contributed by atoms with Gasteiger partial charge in [0.15, 0.2) is 6.61 Å². The fourth-order valence-electron chi connectivity index (χ4n) is 5.20. The van der Waals surface area contributed by atoms with Gasteiger partial charge in [-0.15, -0.1) is 0 Å². The van der Waals surface area contributed by atoms with Crippen molar-refractivity contribution in [1.82, 2.24) is 15.3 Å². The largest absolute Gasteiger partial charge is 0.468 e. The highest BCUT2D eigenvalue weighted by Gasteiger charge is 2.51. The number of hydrogen-bond donors (Lipinski definition) is 2. The Morgan fingerprint density at radius 2 is 1.91 bits per heavy atom. The predicted octanol–water partition coefficient (Wildman–Crippen LogP) is 1.89. The molecule has 1 aromatic rings. The maximum absolute atomic E-state index is 12.3. The molecule has 7 heteroatoms. The monoisotopic (exact) mass is 337 g/mol. The van der Waals surface area contributed by atoms with Gasteiger partial charge < -0.3 is 10.1 Å². The number of halogens is 1. The highest BCUT2D eigenvalue weighted by Crippen LogP contribution is 2.55. The van der Waals surface area contributed by atoms with E-state index in [9.17, 15) is 9.59 Å². The van der Waals surface area contributed by atoms with E-state index >= 15 is 0 Å². The number of H-pyrrole nitrogens is 1. The van der Waals surface area contributed by atoms with E-state index in [2.05, 4.69) is 15.3 Å². The lowest BCUT2D eigenvalue weighted by Gasteiger charge is -2.56. The van der Waals surface area contributed by atoms with Crippen molar-refractivity contribution in [2.45, 2.75) is 44.1 Å². The molecule has 0 radical (unpaired) electrons. The van der Waals surface area contributed by atoms with E-state index in [1.807, 2.05) is 0 Å². The Bertz CT molecular complexity index is 652. The number of aromatic nitrogens is 2. The molecule has 4 fully saturated rings. The number of hydrogen-bond acceptors (Lipinski definition) is 4. The summed E-state index contributed by atoms with van der Waals surface area (Å²) in [7, 11) is 0. The van der Waals surface area contributed by atoms with Gasteiger partial charge in [0.25, 0.3) is 5.91 Å². The smallest absolute Gasteiger partial charge is 0.347 e. The highest BCUT2D eigenvalue weighted by atomic mass is 35.5. The van der Waals surface area contributed by atoms with Crippen LogP contribution in [0.25, 0.3) is 0 Å². The summed E-state index contributed by atoms with van der Waals surface area (Å²) in [5.74, 6) is 2.25. The minimum atomic E-state index is -0.550. The van der Waals surface area contributed by atoms with Gasteiger partial charge >= 0.3 is 5.69 Å². The Balaban J connectivity index is 1.39. The van der Waals surface area contributed by atoms with E-state index in [-0.39, 0.29) is 29.0 Å². The first-order chi connectivity index (χ1) is 11.0. The molecule has 0 atom stereocenters. The first kappa shape index (κ1) is 15.0. The summed E-state index contributed by atoms with van der Waals surface area (Å²) in [5, 5.41) is 3.40. The summed E-state index contributed by atoms with van der Waals surface area (Å²) in [6.07, 6.45) is 8.50. The summed E-state index contributed by atoms with van der Waals surface area (Å²) >= 11 is 5.89. The van der Waals surface area contributed by atoms with Crippen molar-refractivity contribution in [3.05, 3.63) is 21.7 Å². The first-order valence-electron chi connectivity index (χ1n) is 8.20. The molecule has 4 bridgehead atoms. The zero-order valence-electron chi connectivity index (χ0n) is 12.8. The molecule has 1 amide bonds. The highest BCUT2D eigenvalue weighted by molar-refractivity contribution is 6.31. The fraction of sp³-hybridized carbons (Fsp3) is 0.688. The van der Waals surface area contributed by atoms with E-state index in [0.29, 0.717) is 0 Å². The van der Waals surface area contributed by atoms with Gasteiger partial charge in [-0.1, -0.05) is 11.6 Å². The molecule has 4 aliphatic rings. The number of nitrogens with zero attached hydrogens (tertiary/aromatic N) is 1. The quantitative estimate of drug-likeness (QED) is 0.878. The van der Waals surface area contributed by atoms with Crippen molar-refractivity contribution in [3.8, 4) is 5.88 Å². The van der Waals surface area contributed by atoms with Crippen molar-refractivity contribution in [2.75, 3.05) is 6.61 Å². The molecule has 2 N–H and O–H groups in total. The van der Waals surface area contributed by atoms with Crippen LogP contribution in [0.4, 0.5) is 0 Å². The zero-order chi connectivity index (χ0) is 16.0. The molecule has 1 aromatic heterocycles. The first-order valence-corrected chi connectivity index (χ1v) is 8.58. The average Bonchev–Trinajstić information content (AvgIpc) is 2.46. The molecule has 0 aliphatic heterocycles. The molecule has 0 saturated heterocycles. The third kappa shape index (κ3) is 2.96. The van der Waals surface area contributed by atoms with Gasteiger partial charge in [-0.25, -0.2) is 4.79 Å². The molecule has 124 valence electrons. The molecule has 4 aliphatic carbocycles. The van der Waals surface area contributed by atoms with Crippen LogP contribution in [0.5, 0.6) is 5.88 Å². The fourth-order valence-corrected chi connectivity index (χ4v) is 5.35. The minimum absolute atomic E-state index is 0.0371. The molecule has 0 spiro atoms. The van der Waals surface area contributed by atoms with E-state index < -0.39 is 5.69 Å². The van der Waals surface area contributed by atoms with Crippen LogP contribution in [0.2, 0.25) is 5.02 Å². The molecule has 5 rings (SSSR count). The number of amides is 1. The molecule has 0 aromatic carbocycles. The van der Waals surface area contributed by atoms with Crippen molar-refractivity contribution in [3.63, 3.8) is 0 Å². The van der Waals surface area contributed by atoms with Gasteiger partial charge in [0.05, 0.1) is 6.20 Å². The zero-order valence-corrected chi connectivity index (χ0v) is 13.6. The van der Waals surface area contributed by atoms with Crippen molar-refractivity contribution in [2.24, 2.45) is 17.8 Å². The van der Waals surface area contributed by atoms with Crippen LogP contribution in [0.3, 0.4) is 0 Å². The summed E-state index contributed by atoms with van der Waals surface area (Å²) in [6.45, 7) is -0.151. The normalized spacial score (nSPS) is 34.4. The third-order valence-corrected chi connectivity index (χ3v) is 5.79. The second kappa shape index (κ2) is 5.51. The summed E-state index contributed by atoms with van der Waals surface area (Å²) < 4.78 is 5.35. The van der Waals surface area contributed by atoms with Crippen LogP contribution >= 0.6 is 11.6 Å². The van der Waals surface area contributed by atoms with Crippen molar-refractivity contribution >= 4 is 17.5 Å². The van der Waals surface area contributed by atoms with Gasteiger partial charge in [-0.3, -0.25) is 9.78 Å². The molecule has 4 saturated carbocycles. The van der Waals surface area contributed by atoms with Gasteiger partial charge in [0.2, 0.25) is 5.88 Å². The number of ether oxygens (including phenoxy) is 1. The van der Waals surface area contributed by atoms with Crippen LogP contribution in [-0.4, -0.2) is 28.0 Å². The van der Waals surface area contributed by atoms with E-state index in [1.54, 1.807) is 0 Å². The van der Waals surface area contributed by atoms with E-state index in [4.69, 9.17) is 16.3 Å². The Labute approximate surface area is 139 Å². The summed E-state index contributed by atoms with van der Waals surface area (Å²) in [4.78, 5) is 29.4. The third-order valence-electron chi connectivity index (χ3n) is 5.52. The minimum Gasteiger partial charge on any atom is -0.468 e. The Morgan fingerprint density at radius 1 is 1.30 bits per heavy atom. The number of carbonyl (C=O) groups is 1. The molecule has 23 heavy (non-hydrogen) atoms. The number of carbonyl (C=O) groups excluding carboxylic acids is 1. The Morgan fingerprint density at radius 3 is 2.52 bits per heavy atom. The van der Waals surface area contributed by atoms with Gasteiger partial charge in [-0.2, -0.15) is 4.98 Å². The number of aromatic amines is 1. The van der Waals surface area contributed by atoms with Gasteiger partial charge in [0.1, 0.15) is 5.02 Å². The SMILES string of the molecule is O=C(COc1[nH]c(=O)ncc1Cl)NC12CC3CC(CC(C3)C1)C2. The number of nitrogens with one attached hydrogen (secondary N) is 2. The van der Waals surface area contributed by atoms with Crippen molar-refractivity contribution in [1.29, 1.82) is 0 Å². The van der Waals surface area contributed by atoms with Crippen LogP contribution < -0.4 is 15.7 Å². The maximum atomic E-state index is 12.3. The van der Waals surface area contributed by atoms with Crippen LogP contribution in [-0.2, 0) is 4.79 Å². The van der Waals surface area contributed by atoms with Crippen LogP contribution in [0, 0.1) is 17.8 Å². The van der Waals surface area contributed by atoms with Crippen LogP contribution in [0.15, 0.2) is 11.0 Å². The molecule has 1 heterocycles. The van der Waals surface area contributed by atoms with E-state index in [0.717, 1.165) is 37.0 Å². The second-order valence-electron chi connectivity index (χ2n) is 7.40. The standard InChI is InChI=1S/C16H20ClN3O3/c17-12-7-18-15(22)19-14(12)23-8-13(21)20-16-4-9-1-10(5-16)3-11(2-9)6-16/h7,9-11H,1-6,8H2,(H,20,21)(H,18,19,22). The lowest BCUT2D eigenvalue weighted by atomic mass is 9.53. The molecule has 6 nitrogen and oxygen atoms in total. The predicted molar refractivity (Wildman–Crippen MR) is 84.4 cm³/mol. The number of rotatable bonds is 4. The van der Waals surface area contributed by atoms with Gasteiger partial charge in [0, 0.05) is 5.54 Å².